The predicted octanol–water partition coefficient (Wildman–Crippen LogP) is 1.97. The predicted molar refractivity (Wildman–Crippen MR) is 116 cm³/mol. The molecule has 11 heteroatoms. The number of methoxy groups -OCH3 is 2. The second kappa shape index (κ2) is 11.0. The number of aromatic nitrogens is 2. The molecule has 0 radical (unpaired) electrons. The van der Waals surface area contributed by atoms with Gasteiger partial charge < -0.3 is 18.8 Å². The largest absolute Gasteiger partial charge is 0.493 e. The number of rotatable bonds is 9. The zero-order valence-corrected chi connectivity index (χ0v) is 17.8. The molecule has 1 aromatic carbocycles. The number of ether oxygens (including phenoxy) is 3. The van der Waals surface area contributed by atoms with Crippen molar-refractivity contribution in [3.8, 4) is 11.5 Å². The Morgan fingerprint density at radius 1 is 1.35 bits per heavy atom. The number of hydrogen-bond donors (Lipinski definition) is 1. The number of amidine groups is 1. The van der Waals surface area contributed by atoms with Crippen molar-refractivity contribution in [1.29, 1.82) is 0 Å². The van der Waals surface area contributed by atoms with Gasteiger partial charge in [0.15, 0.2) is 16.7 Å². The normalized spacial score (nSPS) is 16.1. The van der Waals surface area contributed by atoms with Gasteiger partial charge in [0.25, 0.3) is 5.91 Å². The maximum Gasteiger partial charge on any atom is 0.331 e. The number of benzene rings is 1. The molecule has 0 saturated carbocycles. The van der Waals surface area contributed by atoms with Crippen LogP contribution in [0.5, 0.6) is 11.5 Å². The van der Waals surface area contributed by atoms with Gasteiger partial charge in [0.2, 0.25) is 0 Å². The lowest BCUT2D eigenvalue weighted by Gasteiger charge is -2.13. The monoisotopic (exact) mass is 443 g/mol. The minimum atomic E-state index is -0.617. The van der Waals surface area contributed by atoms with Gasteiger partial charge in [-0.3, -0.25) is 10.1 Å². The molecule has 1 fully saturated rings. The van der Waals surface area contributed by atoms with Crippen molar-refractivity contribution in [3.05, 3.63) is 53.5 Å². The molecule has 3 rings (SSSR count). The van der Waals surface area contributed by atoms with Crippen molar-refractivity contribution in [2.45, 2.75) is 13.0 Å². The summed E-state index contributed by atoms with van der Waals surface area (Å²) >= 11 is 0.997. The van der Waals surface area contributed by atoms with Crippen LogP contribution in [0.2, 0.25) is 0 Å². The number of hydrogen-bond acceptors (Lipinski definition) is 9. The lowest BCUT2D eigenvalue weighted by atomic mass is 10.2. The topological polar surface area (TPSA) is 116 Å². The number of para-hydroxylation sites is 1. The molecule has 2 aromatic rings. The Balaban J connectivity index is 1.66. The summed E-state index contributed by atoms with van der Waals surface area (Å²) in [6, 6.07) is 5.43. The minimum absolute atomic E-state index is 0.184. The molecule has 0 spiro atoms. The number of nitrogens with zero attached hydrogens (tertiary/aromatic N) is 4. The van der Waals surface area contributed by atoms with Crippen LogP contribution in [0.4, 0.5) is 0 Å². The molecule has 0 aliphatic carbocycles. The SMILES string of the molecule is COC(=O)/C=C1/S/C(=N\N=Cc2cccc(OC)c2OCCCn2ccnc2)NC1=O. The Hall–Kier alpha value is -3.60. The Labute approximate surface area is 183 Å². The average molecular weight is 443 g/mol. The van der Waals surface area contributed by atoms with Crippen LogP contribution in [0.3, 0.4) is 0 Å². The molecule has 162 valence electrons. The van der Waals surface area contributed by atoms with Crippen molar-refractivity contribution in [2.24, 2.45) is 10.2 Å². The third-order valence-corrected chi connectivity index (χ3v) is 4.94. The van der Waals surface area contributed by atoms with Crippen molar-refractivity contribution in [3.63, 3.8) is 0 Å². The fourth-order valence-electron chi connectivity index (χ4n) is 2.57. The van der Waals surface area contributed by atoms with E-state index in [0.29, 0.717) is 23.7 Å². The van der Waals surface area contributed by atoms with Crippen LogP contribution in [0, 0.1) is 0 Å². The fraction of sp³-hybridized carbons (Fsp3) is 0.250. The van der Waals surface area contributed by atoms with Crippen LogP contribution in [0.15, 0.2) is 58.1 Å². The molecule has 1 saturated heterocycles. The van der Waals surface area contributed by atoms with Crippen molar-refractivity contribution < 1.29 is 23.8 Å². The molecule has 1 amide bonds. The highest BCUT2D eigenvalue weighted by molar-refractivity contribution is 8.18. The standard InChI is InChI=1S/C20H21N5O5S/c1-28-15-6-3-5-14(18(15)30-10-4-8-25-9-7-21-13-25)12-22-24-20-23-19(27)16(31-20)11-17(26)29-2/h3,5-7,9,11-13H,4,8,10H2,1-2H3,(H,23,24,27)/b16-11+,22-12?. The summed E-state index contributed by atoms with van der Waals surface area (Å²) in [5, 5.41) is 10.8. The van der Waals surface area contributed by atoms with E-state index in [1.807, 2.05) is 22.9 Å². The average Bonchev–Trinajstić information content (AvgIpc) is 3.41. The maximum atomic E-state index is 11.9. The van der Waals surface area contributed by atoms with E-state index in [2.05, 4.69) is 25.2 Å². The molecule has 1 N–H and O–H groups in total. The number of thioether (sulfide) groups is 1. The van der Waals surface area contributed by atoms with E-state index < -0.39 is 11.9 Å². The van der Waals surface area contributed by atoms with E-state index in [9.17, 15) is 9.59 Å². The van der Waals surface area contributed by atoms with Gasteiger partial charge in [0.05, 0.1) is 38.3 Å². The lowest BCUT2D eigenvalue weighted by Crippen LogP contribution is -2.19. The van der Waals surface area contributed by atoms with E-state index in [1.54, 1.807) is 25.7 Å². The second-order valence-electron chi connectivity index (χ2n) is 6.12. The number of amides is 1. The summed E-state index contributed by atoms with van der Waals surface area (Å²) in [6.45, 7) is 1.26. The van der Waals surface area contributed by atoms with Gasteiger partial charge in [-0.2, -0.15) is 5.10 Å². The summed E-state index contributed by atoms with van der Waals surface area (Å²) in [7, 11) is 2.80. The fourth-order valence-corrected chi connectivity index (χ4v) is 3.31. The molecule has 1 aliphatic heterocycles. The van der Waals surface area contributed by atoms with Crippen LogP contribution < -0.4 is 14.8 Å². The maximum absolute atomic E-state index is 11.9. The molecule has 31 heavy (non-hydrogen) atoms. The van der Waals surface area contributed by atoms with Gasteiger partial charge in [0.1, 0.15) is 0 Å². The molecular weight excluding hydrogens is 422 g/mol. The van der Waals surface area contributed by atoms with Gasteiger partial charge in [0, 0.05) is 30.6 Å². The molecular formula is C20H21N5O5S. The number of esters is 1. The third-order valence-electron chi connectivity index (χ3n) is 4.04. The molecule has 0 bridgehead atoms. The highest BCUT2D eigenvalue weighted by atomic mass is 32.2. The van der Waals surface area contributed by atoms with E-state index in [-0.39, 0.29) is 10.1 Å². The van der Waals surface area contributed by atoms with E-state index in [0.717, 1.165) is 30.8 Å². The van der Waals surface area contributed by atoms with E-state index in [1.165, 1.54) is 13.3 Å². The zero-order valence-electron chi connectivity index (χ0n) is 17.0. The summed E-state index contributed by atoms with van der Waals surface area (Å²) in [4.78, 5) is 27.4. The van der Waals surface area contributed by atoms with Gasteiger partial charge in [-0.1, -0.05) is 6.07 Å². The second-order valence-corrected chi connectivity index (χ2v) is 7.15. The minimum Gasteiger partial charge on any atom is -0.493 e. The summed E-state index contributed by atoms with van der Waals surface area (Å²) < 4.78 is 17.8. The van der Waals surface area contributed by atoms with Crippen molar-refractivity contribution in [1.82, 2.24) is 14.9 Å². The molecule has 2 heterocycles. The first kappa shape index (κ1) is 22.1. The molecule has 1 aliphatic rings. The number of carbonyl (C=O) groups excluding carboxylic acids is 2. The Kier molecular flexibility index (Phi) is 7.82. The highest BCUT2D eigenvalue weighted by Crippen LogP contribution is 2.30. The lowest BCUT2D eigenvalue weighted by molar-refractivity contribution is -0.135. The van der Waals surface area contributed by atoms with Crippen LogP contribution >= 0.6 is 11.8 Å². The number of aryl methyl sites for hydroxylation is 1. The first-order chi connectivity index (χ1) is 15.1. The van der Waals surface area contributed by atoms with E-state index >= 15 is 0 Å². The molecule has 10 nitrogen and oxygen atoms in total. The van der Waals surface area contributed by atoms with Crippen LogP contribution in [0.1, 0.15) is 12.0 Å². The van der Waals surface area contributed by atoms with Gasteiger partial charge in [-0.15, -0.1) is 5.10 Å². The number of nitrogens with one attached hydrogen (secondary N) is 1. The molecule has 1 aromatic heterocycles. The van der Waals surface area contributed by atoms with Crippen molar-refractivity contribution in [2.75, 3.05) is 20.8 Å². The Bertz CT molecular complexity index is 1020. The van der Waals surface area contributed by atoms with Gasteiger partial charge in [-0.05, 0) is 30.3 Å². The quantitative estimate of drug-likeness (QED) is 0.207. The molecule has 0 atom stereocenters. The number of imidazole rings is 1. The molecule has 0 unspecified atom stereocenters. The van der Waals surface area contributed by atoms with Crippen molar-refractivity contribution >= 4 is 35.0 Å². The summed E-state index contributed by atoms with van der Waals surface area (Å²) in [6.07, 6.45) is 8.78. The van der Waals surface area contributed by atoms with Crippen LogP contribution in [0.25, 0.3) is 0 Å². The summed E-state index contributed by atoms with van der Waals surface area (Å²) in [5.74, 6) is 0.0706. The zero-order chi connectivity index (χ0) is 22.1. The van der Waals surface area contributed by atoms with Gasteiger partial charge >= 0.3 is 5.97 Å². The smallest absolute Gasteiger partial charge is 0.331 e. The first-order valence-corrected chi connectivity index (χ1v) is 10.1. The first-order valence-electron chi connectivity index (χ1n) is 9.26. The number of carbonyl (C=O) groups is 2. The van der Waals surface area contributed by atoms with Crippen LogP contribution in [-0.4, -0.2) is 53.6 Å². The van der Waals surface area contributed by atoms with Crippen LogP contribution in [-0.2, 0) is 20.9 Å². The summed E-state index contributed by atoms with van der Waals surface area (Å²) in [5.41, 5.74) is 0.672. The third kappa shape index (κ3) is 6.19. The Morgan fingerprint density at radius 2 is 2.23 bits per heavy atom. The highest BCUT2D eigenvalue weighted by Gasteiger charge is 2.25. The van der Waals surface area contributed by atoms with E-state index in [4.69, 9.17) is 9.47 Å². The van der Waals surface area contributed by atoms with Gasteiger partial charge in [-0.25, -0.2) is 9.78 Å². The Morgan fingerprint density at radius 3 is 2.97 bits per heavy atom.